The molecule has 0 heterocycles. The summed E-state index contributed by atoms with van der Waals surface area (Å²) in [5, 5.41) is 3.66. The standard InChI is InChI=1S/C30H34ClN3O4S/c1-23(30(36)32-26-11-5-2-6-12-26)33(21-24-17-19-25(31)20-18-24)29(35)22-34(27-13-7-3-8-14-27)39(37,38)28-15-9-4-10-16-28/h3-4,7-10,13-20,23,26H,2,5-6,11-12,21-22H2,1H3,(H,32,36)/t23-/m0/s1. The Kier molecular flexibility index (Phi) is 9.64. The van der Waals surface area contributed by atoms with Crippen molar-refractivity contribution in [3.63, 3.8) is 0 Å². The number of amides is 2. The summed E-state index contributed by atoms with van der Waals surface area (Å²) in [5.74, 6) is -0.735. The maximum absolute atomic E-state index is 13.9. The monoisotopic (exact) mass is 567 g/mol. The Morgan fingerprint density at radius 1 is 0.897 bits per heavy atom. The normalized spacial score (nSPS) is 14.8. The predicted molar refractivity (Wildman–Crippen MR) is 154 cm³/mol. The lowest BCUT2D eigenvalue weighted by molar-refractivity contribution is -0.139. The van der Waals surface area contributed by atoms with Gasteiger partial charge < -0.3 is 10.2 Å². The van der Waals surface area contributed by atoms with Crippen LogP contribution in [0, 0.1) is 0 Å². The van der Waals surface area contributed by atoms with Gasteiger partial charge in [0.1, 0.15) is 12.6 Å². The summed E-state index contributed by atoms with van der Waals surface area (Å²) in [5.41, 5.74) is 1.14. The van der Waals surface area contributed by atoms with Gasteiger partial charge in [-0.15, -0.1) is 0 Å². The van der Waals surface area contributed by atoms with E-state index in [0.29, 0.717) is 10.7 Å². The van der Waals surface area contributed by atoms with Crippen LogP contribution in [0.4, 0.5) is 5.69 Å². The molecule has 7 nitrogen and oxygen atoms in total. The molecule has 1 aliphatic rings. The number of halogens is 1. The van der Waals surface area contributed by atoms with Gasteiger partial charge >= 0.3 is 0 Å². The summed E-state index contributed by atoms with van der Waals surface area (Å²) in [4.78, 5) is 28.8. The summed E-state index contributed by atoms with van der Waals surface area (Å²) < 4.78 is 28.5. The van der Waals surface area contributed by atoms with Crippen LogP contribution in [-0.2, 0) is 26.2 Å². The van der Waals surface area contributed by atoms with Crippen LogP contribution in [-0.4, -0.2) is 43.8 Å². The summed E-state index contributed by atoms with van der Waals surface area (Å²) in [6.45, 7) is 1.35. The number of sulfonamides is 1. The van der Waals surface area contributed by atoms with Crippen molar-refractivity contribution in [3.8, 4) is 0 Å². The van der Waals surface area contributed by atoms with E-state index >= 15 is 0 Å². The minimum absolute atomic E-state index is 0.0778. The molecule has 0 bridgehead atoms. The number of anilines is 1. The summed E-state index contributed by atoms with van der Waals surface area (Å²) in [6, 6.07) is 22.9. The third kappa shape index (κ3) is 7.40. The zero-order valence-electron chi connectivity index (χ0n) is 22.0. The molecule has 1 aliphatic carbocycles. The molecule has 0 spiro atoms. The minimum atomic E-state index is -4.06. The Morgan fingerprint density at radius 2 is 1.49 bits per heavy atom. The van der Waals surface area contributed by atoms with E-state index in [1.165, 1.54) is 17.0 Å². The van der Waals surface area contributed by atoms with Crippen LogP contribution in [0.25, 0.3) is 0 Å². The molecule has 4 rings (SSSR count). The fourth-order valence-corrected chi connectivity index (χ4v) is 6.34. The van der Waals surface area contributed by atoms with Crippen LogP contribution in [0.1, 0.15) is 44.6 Å². The fraction of sp³-hybridized carbons (Fsp3) is 0.333. The molecule has 0 unspecified atom stereocenters. The fourth-order valence-electron chi connectivity index (χ4n) is 4.78. The highest BCUT2D eigenvalue weighted by molar-refractivity contribution is 7.92. The maximum atomic E-state index is 13.9. The molecule has 2 amide bonds. The molecule has 1 fully saturated rings. The molecule has 0 aromatic heterocycles. The Hall–Kier alpha value is -3.36. The zero-order chi connectivity index (χ0) is 27.8. The van der Waals surface area contributed by atoms with Gasteiger partial charge in [-0.1, -0.05) is 79.4 Å². The van der Waals surface area contributed by atoms with Crippen molar-refractivity contribution >= 4 is 39.1 Å². The number of nitrogens with zero attached hydrogens (tertiary/aromatic N) is 2. The van der Waals surface area contributed by atoms with Gasteiger partial charge in [0.05, 0.1) is 10.6 Å². The molecule has 9 heteroatoms. The molecular weight excluding hydrogens is 534 g/mol. The van der Waals surface area contributed by atoms with E-state index in [0.717, 1.165) is 42.0 Å². The Balaban J connectivity index is 1.64. The van der Waals surface area contributed by atoms with Crippen LogP contribution < -0.4 is 9.62 Å². The lowest BCUT2D eigenvalue weighted by Gasteiger charge is -2.33. The second-order valence-electron chi connectivity index (χ2n) is 9.83. The van der Waals surface area contributed by atoms with Crippen molar-refractivity contribution in [1.29, 1.82) is 0 Å². The molecule has 206 valence electrons. The number of hydrogen-bond donors (Lipinski definition) is 1. The molecular formula is C30H34ClN3O4S. The first-order valence-electron chi connectivity index (χ1n) is 13.2. The summed E-state index contributed by atoms with van der Waals surface area (Å²) >= 11 is 6.06. The van der Waals surface area contributed by atoms with Crippen molar-refractivity contribution in [1.82, 2.24) is 10.2 Å². The molecule has 3 aromatic carbocycles. The Morgan fingerprint density at radius 3 is 2.10 bits per heavy atom. The van der Waals surface area contributed by atoms with Gasteiger partial charge in [-0.2, -0.15) is 0 Å². The second kappa shape index (κ2) is 13.1. The van der Waals surface area contributed by atoms with E-state index in [1.807, 2.05) is 0 Å². The number of carbonyl (C=O) groups is 2. The largest absolute Gasteiger partial charge is 0.352 e. The first kappa shape index (κ1) is 28.6. The van der Waals surface area contributed by atoms with Gasteiger partial charge in [-0.3, -0.25) is 13.9 Å². The van der Waals surface area contributed by atoms with Crippen molar-refractivity contribution < 1.29 is 18.0 Å². The summed E-state index contributed by atoms with van der Waals surface area (Å²) in [7, 11) is -4.06. The molecule has 0 aliphatic heterocycles. The first-order chi connectivity index (χ1) is 18.8. The summed E-state index contributed by atoms with van der Waals surface area (Å²) in [6.07, 6.45) is 5.13. The molecule has 39 heavy (non-hydrogen) atoms. The van der Waals surface area contributed by atoms with Gasteiger partial charge in [0.25, 0.3) is 10.0 Å². The second-order valence-corrected chi connectivity index (χ2v) is 12.1. The first-order valence-corrected chi connectivity index (χ1v) is 15.0. The minimum Gasteiger partial charge on any atom is -0.352 e. The van der Waals surface area contributed by atoms with Gasteiger partial charge in [0.2, 0.25) is 11.8 Å². The Labute approximate surface area is 235 Å². The van der Waals surface area contributed by atoms with Crippen LogP contribution in [0.15, 0.2) is 89.8 Å². The van der Waals surface area contributed by atoms with Gasteiger partial charge in [-0.05, 0) is 61.7 Å². The molecule has 3 aromatic rings. The number of nitrogens with one attached hydrogen (secondary N) is 1. The molecule has 1 saturated carbocycles. The number of benzene rings is 3. The van der Waals surface area contributed by atoms with E-state index < -0.39 is 28.5 Å². The van der Waals surface area contributed by atoms with Crippen molar-refractivity contribution in [2.24, 2.45) is 0 Å². The highest BCUT2D eigenvalue weighted by Crippen LogP contribution is 2.25. The quantitative estimate of drug-likeness (QED) is 0.355. The SMILES string of the molecule is C[C@@H](C(=O)NC1CCCCC1)N(Cc1ccc(Cl)cc1)C(=O)CN(c1ccccc1)S(=O)(=O)c1ccccc1. The predicted octanol–water partition coefficient (Wildman–Crippen LogP) is 5.40. The van der Waals surface area contributed by atoms with E-state index in [1.54, 1.807) is 79.7 Å². The van der Waals surface area contributed by atoms with E-state index in [2.05, 4.69) is 5.32 Å². The highest BCUT2D eigenvalue weighted by atomic mass is 35.5. The molecule has 1 atom stereocenters. The average Bonchev–Trinajstić information content (AvgIpc) is 2.96. The van der Waals surface area contributed by atoms with E-state index in [9.17, 15) is 18.0 Å². The van der Waals surface area contributed by atoms with Crippen LogP contribution in [0.5, 0.6) is 0 Å². The average molecular weight is 568 g/mol. The maximum Gasteiger partial charge on any atom is 0.264 e. The van der Waals surface area contributed by atoms with Crippen LogP contribution in [0.3, 0.4) is 0 Å². The van der Waals surface area contributed by atoms with Crippen molar-refractivity contribution in [2.45, 2.75) is 62.6 Å². The van der Waals surface area contributed by atoms with Crippen LogP contribution >= 0.6 is 11.6 Å². The highest BCUT2D eigenvalue weighted by Gasteiger charge is 2.33. The lowest BCUT2D eigenvalue weighted by Crippen LogP contribution is -2.53. The van der Waals surface area contributed by atoms with Crippen molar-refractivity contribution in [2.75, 3.05) is 10.8 Å². The lowest BCUT2D eigenvalue weighted by atomic mass is 9.95. The van der Waals surface area contributed by atoms with Gasteiger partial charge in [-0.25, -0.2) is 8.42 Å². The van der Waals surface area contributed by atoms with E-state index in [4.69, 9.17) is 11.6 Å². The smallest absolute Gasteiger partial charge is 0.264 e. The topological polar surface area (TPSA) is 86.8 Å². The van der Waals surface area contributed by atoms with E-state index in [-0.39, 0.29) is 23.4 Å². The molecule has 0 saturated heterocycles. The zero-order valence-corrected chi connectivity index (χ0v) is 23.6. The third-order valence-electron chi connectivity index (χ3n) is 7.04. The van der Waals surface area contributed by atoms with Crippen LogP contribution in [0.2, 0.25) is 5.02 Å². The molecule has 0 radical (unpaired) electrons. The third-order valence-corrected chi connectivity index (χ3v) is 9.08. The molecule has 1 N–H and O–H groups in total. The number of carbonyl (C=O) groups excluding carboxylic acids is 2. The van der Waals surface area contributed by atoms with Gasteiger partial charge in [0.15, 0.2) is 0 Å². The Bertz CT molecular complexity index is 1350. The number of hydrogen-bond acceptors (Lipinski definition) is 4. The number of rotatable bonds is 10. The van der Waals surface area contributed by atoms with Gasteiger partial charge in [0, 0.05) is 17.6 Å². The van der Waals surface area contributed by atoms with Crippen molar-refractivity contribution in [3.05, 3.63) is 95.5 Å². The number of para-hydroxylation sites is 1.